The number of nitrogens with one attached hydrogen (secondary N) is 1. The second-order valence-electron chi connectivity index (χ2n) is 4.44. The number of alkyl halides is 2. The van der Waals surface area contributed by atoms with Crippen LogP contribution in [0.15, 0.2) is 42.5 Å². The Hall–Kier alpha value is -1.52. The van der Waals surface area contributed by atoms with Crippen LogP contribution in [-0.2, 0) is 0 Å². The average molecular weight is 332 g/mol. The van der Waals surface area contributed by atoms with Crippen molar-refractivity contribution >= 4 is 28.9 Å². The Morgan fingerprint density at radius 3 is 2.48 bits per heavy atom. The predicted octanol–water partition coefficient (Wildman–Crippen LogP) is 5.77. The number of benzene rings is 2. The van der Waals surface area contributed by atoms with Gasteiger partial charge >= 0.3 is 6.61 Å². The minimum atomic E-state index is -2.90. The molecule has 0 aliphatic rings. The fourth-order valence-electron chi connectivity index (χ4n) is 1.89. The first-order valence-electron chi connectivity index (χ1n) is 6.22. The number of ether oxygens (including phenoxy) is 1. The zero-order chi connectivity index (χ0) is 15.4. The lowest BCUT2D eigenvalue weighted by atomic mass is 10.1. The van der Waals surface area contributed by atoms with Crippen molar-refractivity contribution in [1.29, 1.82) is 0 Å². The van der Waals surface area contributed by atoms with Crippen LogP contribution in [0.2, 0.25) is 10.0 Å². The third-order valence-corrected chi connectivity index (χ3v) is 3.41. The molecule has 0 radical (unpaired) electrons. The third kappa shape index (κ3) is 4.48. The minimum Gasteiger partial charge on any atom is -0.433 e. The van der Waals surface area contributed by atoms with E-state index >= 15 is 0 Å². The maximum atomic E-state index is 12.2. The van der Waals surface area contributed by atoms with Crippen molar-refractivity contribution in [1.82, 2.24) is 0 Å². The van der Waals surface area contributed by atoms with Crippen LogP contribution >= 0.6 is 23.2 Å². The molecule has 21 heavy (non-hydrogen) atoms. The van der Waals surface area contributed by atoms with Crippen LogP contribution in [0.25, 0.3) is 0 Å². The molecule has 1 unspecified atom stereocenters. The Bertz CT molecular complexity index is 622. The zero-order valence-corrected chi connectivity index (χ0v) is 12.6. The lowest BCUT2D eigenvalue weighted by Crippen LogP contribution is -2.07. The molecule has 0 fully saturated rings. The van der Waals surface area contributed by atoms with E-state index in [1.807, 2.05) is 25.1 Å². The summed E-state index contributed by atoms with van der Waals surface area (Å²) >= 11 is 11.9. The number of rotatable bonds is 5. The largest absolute Gasteiger partial charge is 0.433 e. The molecule has 0 bridgehead atoms. The quantitative estimate of drug-likeness (QED) is 0.751. The van der Waals surface area contributed by atoms with Gasteiger partial charge in [-0.25, -0.2) is 0 Å². The zero-order valence-electron chi connectivity index (χ0n) is 11.1. The van der Waals surface area contributed by atoms with Crippen molar-refractivity contribution in [3.05, 3.63) is 58.1 Å². The molecule has 2 nitrogen and oxygen atoms in total. The van der Waals surface area contributed by atoms with Gasteiger partial charge in [-0.3, -0.25) is 0 Å². The minimum absolute atomic E-state index is 0.0124. The molecular formula is C15H13Cl2F2NO. The number of anilines is 1. The second-order valence-corrected chi connectivity index (χ2v) is 5.29. The van der Waals surface area contributed by atoms with Gasteiger partial charge in [0, 0.05) is 16.8 Å². The Labute approximate surface area is 131 Å². The van der Waals surface area contributed by atoms with E-state index in [1.54, 1.807) is 18.2 Å². The van der Waals surface area contributed by atoms with E-state index < -0.39 is 6.61 Å². The predicted molar refractivity (Wildman–Crippen MR) is 81.6 cm³/mol. The van der Waals surface area contributed by atoms with Gasteiger partial charge in [0.05, 0.1) is 5.02 Å². The highest BCUT2D eigenvalue weighted by Crippen LogP contribution is 2.30. The van der Waals surface area contributed by atoms with Gasteiger partial charge in [-0.2, -0.15) is 8.78 Å². The first-order chi connectivity index (χ1) is 9.95. The lowest BCUT2D eigenvalue weighted by Gasteiger charge is -2.17. The van der Waals surface area contributed by atoms with Crippen LogP contribution in [0.3, 0.4) is 0 Å². The van der Waals surface area contributed by atoms with Crippen molar-refractivity contribution in [2.45, 2.75) is 19.6 Å². The Kier molecular flexibility index (Phi) is 5.26. The molecular weight excluding hydrogens is 319 g/mol. The highest BCUT2D eigenvalue weighted by Gasteiger charge is 2.11. The van der Waals surface area contributed by atoms with Gasteiger partial charge in [0.2, 0.25) is 0 Å². The molecule has 112 valence electrons. The average Bonchev–Trinajstić information content (AvgIpc) is 2.41. The molecule has 0 aromatic heterocycles. The molecule has 0 aliphatic carbocycles. The van der Waals surface area contributed by atoms with Crippen molar-refractivity contribution in [3.63, 3.8) is 0 Å². The van der Waals surface area contributed by atoms with Gasteiger partial charge < -0.3 is 10.1 Å². The topological polar surface area (TPSA) is 21.3 Å². The first kappa shape index (κ1) is 15.9. The highest BCUT2D eigenvalue weighted by atomic mass is 35.5. The Morgan fingerprint density at radius 1 is 1.10 bits per heavy atom. The summed E-state index contributed by atoms with van der Waals surface area (Å²) in [5.74, 6) is -0.0485. The van der Waals surface area contributed by atoms with Gasteiger partial charge in [-0.15, -0.1) is 0 Å². The maximum Gasteiger partial charge on any atom is 0.387 e. The van der Waals surface area contributed by atoms with Crippen LogP contribution in [0.5, 0.6) is 5.75 Å². The summed E-state index contributed by atoms with van der Waals surface area (Å²) in [6, 6.07) is 12.0. The van der Waals surface area contributed by atoms with Gasteiger partial charge in [0.15, 0.2) is 0 Å². The van der Waals surface area contributed by atoms with E-state index in [4.69, 9.17) is 23.2 Å². The van der Waals surface area contributed by atoms with Crippen molar-refractivity contribution < 1.29 is 13.5 Å². The fourth-order valence-corrected chi connectivity index (χ4v) is 2.32. The molecule has 0 aliphatic heterocycles. The van der Waals surface area contributed by atoms with Gasteiger partial charge in [-0.05, 0) is 42.8 Å². The Balaban J connectivity index is 2.11. The van der Waals surface area contributed by atoms with Crippen molar-refractivity contribution in [2.75, 3.05) is 5.32 Å². The van der Waals surface area contributed by atoms with Crippen LogP contribution in [0.4, 0.5) is 14.5 Å². The Morgan fingerprint density at radius 2 is 1.86 bits per heavy atom. The number of hydrogen-bond donors (Lipinski definition) is 1. The molecule has 2 aromatic carbocycles. The maximum absolute atomic E-state index is 12.2. The summed E-state index contributed by atoms with van der Waals surface area (Å²) in [6.45, 7) is -0.935. The molecule has 0 amide bonds. The molecule has 0 spiro atoms. The molecule has 0 saturated heterocycles. The van der Waals surface area contributed by atoms with E-state index in [2.05, 4.69) is 10.1 Å². The summed E-state index contributed by atoms with van der Waals surface area (Å²) in [5, 5.41) is 4.00. The summed E-state index contributed by atoms with van der Waals surface area (Å²) in [5.41, 5.74) is 1.71. The van der Waals surface area contributed by atoms with Gasteiger partial charge in [-0.1, -0.05) is 35.3 Å². The molecule has 2 rings (SSSR count). The molecule has 1 atom stereocenters. The summed E-state index contributed by atoms with van der Waals surface area (Å²) in [6.07, 6.45) is 0. The molecule has 2 aromatic rings. The van der Waals surface area contributed by atoms with Gasteiger partial charge in [0.1, 0.15) is 5.75 Å². The molecule has 1 N–H and O–H groups in total. The molecule has 0 heterocycles. The van der Waals surface area contributed by atoms with E-state index in [-0.39, 0.29) is 16.8 Å². The third-order valence-electron chi connectivity index (χ3n) is 2.88. The summed E-state index contributed by atoms with van der Waals surface area (Å²) < 4.78 is 28.6. The van der Waals surface area contributed by atoms with Crippen LogP contribution in [0.1, 0.15) is 18.5 Å². The fraction of sp³-hybridized carbons (Fsp3) is 0.200. The van der Waals surface area contributed by atoms with Crippen LogP contribution in [0, 0.1) is 0 Å². The van der Waals surface area contributed by atoms with E-state index in [9.17, 15) is 8.78 Å². The second kappa shape index (κ2) is 6.96. The normalized spacial score (nSPS) is 12.3. The van der Waals surface area contributed by atoms with E-state index in [0.29, 0.717) is 10.7 Å². The molecule has 6 heteroatoms. The monoisotopic (exact) mass is 331 g/mol. The standard InChI is InChI=1S/C15H13Cl2F2NO/c1-9(10-3-2-4-11(16)7-10)20-12-5-6-14(13(17)8-12)21-15(18)19/h2-9,15,20H,1H3. The SMILES string of the molecule is CC(Nc1ccc(OC(F)F)c(Cl)c1)c1cccc(Cl)c1. The van der Waals surface area contributed by atoms with Crippen LogP contribution in [-0.4, -0.2) is 6.61 Å². The number of halogens is 4. The lowest BCUT2D eigenvalue weighted by molar-refractivity contribution is -0.0497. The van der Waals surface area contributed by atoms with Crippen LogP contribution < -0.4 is 10.1 Å². The van der Waals surface area contributed by atoms with E-state index in [1.165, 1.54) is 6.07 Å². The van der Waals surface area contributed by atoms with Crippen molar-refractivity contribution in [3.8, 4) is 5.75 Å². The summed E-state index contributed by atoms with van der Waals surface area (Å²) in [4.78, 5) is 0. The van der Waals surface area contributed by atoms with Crippen molar-refractivity contribution in [2.24, 2.45) is 0 Å². The number of hydrogen-bond acceptors (Lipinski definition) is 2. The molecule has 0 saturated carbocycles. The smallest absolute Gasteiger partial charge is 0.387 e. The van der Waals surface area contributed by atoms with E-state index in [0.717, 1.165) is 5.56 Å². The highest BCUT2D eigenvalue weighted by molar-refractivity contribution is 6.32. The summed E-state index contributed by atoms with van der Waals surface area (Å²) in [7, 11) is 0. The first-order valence-corrected chi connectivity index (χ1v) is 6.97. The van der Waals surface area contributed by atoms with Gasteiger partial charge in [0.25, 0.3) is 0 Å².